The van der Waals surface area contributed by atoms with Crippen molar-refractivity contribution in [2.75, 3.05) is 5.32 Å². The number of thiocarbonyl (C=S) groups is 1. The van der Waals surface area contributed by atoms with Crippen LogP contribution in [0.15, 0.2) is 57.2 Å². The van der Waals surface area contributed by atoms with Crippen molar-refractivity contribution in [2.45, 2.75) is 0 Å². The minimum absolute atomic E-state index is 0.0747. The molecule has 0 unspecified atom stereocenters. The Morgan fingerprint density at radius 1 is 1.13 bits per heavy atom. The van der Waals surface area contributed by atoms with E-state index in [4.69, 9.17) is 12.2 Å². The van der Waals surface area contributed by atoms with Crippen molar-refractivity contribution in [2.24, 2.45) is 10.2 Å². The molecule has 4 N–H and O–H groups in total. The SMILES string of the molecule is Oc1ccc(NC(=S)N=Nc2c(O)[nH]c3ccc(Br)cc23)cc1. The topological polar surface area (TPSA) is 93.0 Å². The van der Waals surface area contributed by atoms with Crippen LogP contribution in [-0.2, 0) is 0 Å². The fraction of sp³-hybridized carbons (Fsp3) is 0. The van der Waals surface area contributed by atoms with E-state index in [-0.39, 0.29) is 16.7 Å². The van der Waals surface area contributed by atoms with E-state index in [1.165, 1.54) is 12.1 Å². The van der Waals surface area contributed by atoms with Gasteiger partial charge in [0.05, 0.1) is 5.52 Å². The normalized spacial score (nSPS) is 11.2. The summed E-state index contributed by atoms with van der Waals surface area (Å²) in [6, 6.07) is 11.9. The second-order valence-electron chi connectivity index (χ2n) is 4.69. The molecule has 3 rings (SSSR count). The van der Waals surface area contributed by atoms with Gasteiger partial charge in [0.15, 0.2) is 5.69 Å². The number of nitrogens with one attached hydrogen (secondary N) is 2. The van der Waals surface area contributed by atoms with Gasteiger partial charge in [-0.05, 0) is 54.7 Å². The molecule has 116 valence electrons. The van der Waals surface area contributed by atoms with Crippen molar-refractivity contribution < 1.29 is 10.2 Å². The molecule has 1 aromatic heterocycles. The molecule has 0 amide bonds. The number of azo groups is 1. The Morgan fingerprint density at radius 2 is 1.87 bits per heavy atom. The minimum atomic E-state index is -0.0747. The lowest BCUT2D eigenvalue weighted by Gasteiger charge is -2.02. The Labute approximate surface area is 145 Å². The summed E-state index contributed by atoms with van der Waals surface area (Å²) >= 11 is 8.48. The number of hydrogen-bond donors (Lipinski definition) is 4. The highest BCUT2D eigenvalue weighted by molar-refractivity contribution is 9.10. The van der Waals surface area contributed by atoms with Crippen LogP contribution >= 0.6 is 28.1 Å². The molecule has 23 heavy (non-hydrogen) atoms. The number of benzene rings is 2. The van der Waals surface area contributed by atoms with E-state index in [2.05, 4.69) is 36.5 Å². The molecule has 0 aliphatic rings. The maximum atomic E-state index is 9.94. The van der Waals surface area contributed by atoms with Gasteiger partial charge in [0.25, 0.3) is 0 Å². The molecule has 0 fully saturated rings. The molecule has 1 heterocycles. The predicted molar refractivity (Wildman–Crippen MR) is 96.5 cm³/mol. The summed E-state index contributed by atoms with van der Waals surface area (Å²) in [4.78, 5) is 2.82. The van der Waals surface area contributed by atoms with E-state index in [9.17, 15) is 10.2 Å². The molecule has 0 atom stereocenters. The van der Waals surface area contributed by atoms with Crippen LogP contribution in [0.3, 0.4) is 0 Å². The zero-order chi connectivity index (χ0) is 16.4. The van der Waals surface area contributed by atoms with Crippen LogP contribution in [0.4, 0.5) is 11.4 Å². The summed E-state index contributed by atoms with van der Waals surface area (Å²) in [5.74, 6) is 0.0895. The van der Waals surface area contributed by atoms with Gasteiger partial charge in [-0.15, -0.1) is 10.2 Å². The number of nitrogens with zero attached hydrogens (tertiary/aromatic N) is 2. The van der Waals surface area contributed by atoms with Gasteiger partial charge in [-0.1, -0.05) is 15.9 Å². The zero-order valence-electron chi connectivity index (χ0n) is 11.6. The smallest absolute Gasteiger partial charge is 0.218 e. The van der Waals surface area contributed by atoms with Crippen LogP contribution in [0.1, 0.15) is 0 Å². The Balaban J connectivity index is 1.82. The van der Waals surface area contributed by atoms with Gasteiger partial charge in [0, 0.05) is 15.5 Å². The molecular formula is C15H11BrN4O2S. The van der Waals surface area contributed by atoms with Gasteiger partial charge in [-0.3, -0.25) is 0 Å². The molecule has 3 aromatic rings. The molecule has 6 nitrogen and oxygen atoms in total. The number of anilines is 1. The van der Waals surface area contributed by atoms with Crippen LogP contribution in [0, 0.1) is 0 Å². The number of fused-ring (bicyclic) bond motifs is 1. The largest absolute Gasteiger partial charge is 0.508 e. The van der Waals surface area contributed by atoms with Crippen molar-refractivity contribution in [1.82, 2.24) is 4.98 Å². The van der Waals surface area contributed by atoms with E-state index in [0.717, 1.165) is 15.4 Å². The van der Waals surface area contributed by atoms with E-state index < -0.39 is 0 Å². The summed E-state index contributed by atoms with van der Waals surface area (Å²) in [7, 11) is 0. The summed E-state index contributed by atoms with van der Waals surface area (Å²) in [6.45, 7) is 0. The van der Waals surface area contributed by atoms with E-state index in [1.807, 2.05) is 18.2 Å². The molecule has 0 spiro atoms. The second-order valence-corrected chi connectivity index (χ2v) is 5.99. The molecule has 0 saturated carbocycles. The molecule has 0 saturated heterocycles. The minimum Gasteiger partial charge on any atom is -0.508 e. The van der Waals surface area contributed by atoms with E-state index >= 15 is 0 Å². The number of aromatic hydroxyl groups is 2. The first-order chi connectivity index (χ1) is 11.0. The fourth-order valence-corrected chi connectivity index (χ4v) is 2.55. The van der Waals surface area contributed by atoms with Gasteiger partial charge in [0.1, 0.15) is 5.75 Å². The van der Waals surface area contributed by atoms with Crippen molar-refractivity contribution in [1.29, 1.82) is 0 Å². The third-order valence-electron chi connectivity index (χ3n) is 3.07. The molecule has 0 radical (unpaired) electrons. The molecule has 0 bridgehead atoms. The number of aromatic amines is 1. The average Bonchev–Trinajstić information content (AvgIpc) is 2.82. The Hall–Kier alpha value is -2.45. The second kappa shape index (κ2) is 6.35. The van der Waals surface area contributed by atoms with E-state index in [1.54, 1.807) is 12.1 Å². The number of hydrogen-bond acceptors (Lipinski definition) is 4. The lowest BCUT2D eigenvalue weighted by molar-refractivity contribution is 0.459. The standard InChI is InChI=1S/C15H11BrN4O2S/c16-8-1-6-12-11(7-8)13(14(22)18-12)19-20-15(23)17-9-2-4-10(21)5-3-9/h1-7,18,21-22H,(H,17,23). The third kappa shape index (κ3) is 3.49. The molecule has 2 aromatic carbocycles. The van der Waals surface area contributed by atoms with E-state index in [0.29, 0.717) is 11.4 Å². The molecule has 0 aliphatic heterocycles. The Kier molecular flexibility index (Phi) is 4.26. The fourth-order valence-electron chi connectivity index (χ4n) is 2.03. The number of rotatable bonds is 2. The van der Waals surface area contributed by atoms with Crippen molar-refractivity contribution >= 4 is 55.5 Å². The van der Waals surface area contributed by atoms with Crippen LogP contribution in [0.5, 0.6) is 11.6 Å². The first-order valence-corrected chi connectivity index (χ1v) is 7.75. The highest BCUT2D eigenvalue weighted by Crippen LogP contribution is 2.36. The monoisotopic (exact) mass is 390 g/mol. The zero-order valence-corrected chi connectivity index (χ0v) is 14.0. The van der Waals surface area contributed by atoms with Crippen LogP contribution < -0.4 is 5.32 Å². The van der Waals surface area contributed by atoms with Crippen LogP contribution in [0.2, 0.25) is 0 Å². The van der Waals surface area contributed by atoms with Gasteiger partial charge >= 0.3 is 0 Å². The Morgan fingerprint density at radius 3 is 2.61 bits per heavy atom. The highest BCUT2D eigenvalue weighted by atomic mass is 79.9. The maximum Gasteiger partial charge on any atom is 0.218 e. The van der Waals surface area contributed by atoms with Crippen molar-refractivity contribution in [3.8, 4) is 11.6 Å². The number of aromatic nitrogens is 1. The lowest BCUT2D eigenvalue weighted by atomic mass is 10.2. The number of halogens is 1. The van der Waals surface area contributed by atoms with Gasteiger partial charge in [-0.25, -0.2) is 0 Å². The average molecular weight is 391 g/mol. The summed E-state index contributed by atoms with van der Waals surface area (Å²) < 4.78 is 0.866. The summed E-state index contributed by atoms with van der Waals surface area (Å²) in [6.07, 6.45) is 0. The predicted octanol–water partition coefficient (Wildman–Crippen LogP) is 4.82. The van der Waals surface area contributed by atoms with Crippen molar-refractivity contribution in [3.05, 3.63) is 46.9 Å². The van der Waals surface area contributed by atoms with Crippen LogP contribution in [-0.4, -0.2) is 20.3 Å². The number of H-pyrrole nitrogens is 1. The Bertz CT molecular complexity index is 906. The molecule has 0 aliphatic carbocycles. The molecular weight excluding hydrogens is 380 g/mol. The number of phenolic OH excluding ortho intramolecular Hbond substituents is 1. The first-order valence-electron chi connectivity index (χ1n) is 6.55. The lowest BCUT2D eigenvalue weighted by Crippen LogP contribution is -2.04. The van der Waals surface area contributed by atoms with Crippen LogP contribution in [0.25, 0.3) is 10.9 Å². The van der Waals surface area contributed by atoms with Gasteiger partial charge < -0.3 is 20.5 Å². The molecule has 8 heteroatoms. The highest BCUT2D eigenvalue weighted by Gasteiger charge is 2.10. The quantitative estimate of drug-likeness (QED) is 0.286. The van der Waals surface area contributed by atoms with Crippen molar-refractivity contribution in [3.63, 3.8) is 0 Å². The van der Waals surface area contributed by atoms with Gasteiger partial charge in [-0.2, -0.15) is 0 Å². The maximum absolute atomic E-state index is 9.94. The van der Waals surface area contributed by atoms with Gasteiger partial charge in [0.2, 0.25) is 11.0 Å². The third-order valence-corrected chi connectivity index (χ3v) is 3.75. The summed E-state index contributed by atoms with van der Waals surface area (Å²) in [5, 5.41) is 30.8. The number of phenols is 1. The first kappa shape index (κ1) is 15.4. The summed E-state index contributed by atoms with van der Waals surface area (Å²) in [5.41, 5.74) is 1.74.